The largest absolute Gasteiger partial charge is 0.504 e. The van der Waals surface area contributed by atoms with Crippen LogP contribution in [-0.4, -0.2) is 11.0 Å². The Hall–Kier alpha value is -2.49. The average molecular weight is 243 g/mol. The molecule has 0 heterocycles. The van der Waals surface area contributed by atoms with E-state index in [2.05, 4.69) is 0 Å². The number of hydrogen-bond donors (Lipinski definition) is 2. The van der Waals surface area contributed by atoms with Gasteiger partial charge in [-0.2, -0.15) is 0 Å². The fourth-order valence-corrected chi connectivity index (χ4v) is 1.65. The lowest BCUT2D eigenvalue weighted by Gasteiger charge is -2.09. The van der Waals surface area contributed by atoms with Crippen LogP contribution in [0, 0.1) is 6.92 Å². The Kier molecular flexibility index (Phi) is 3.19. The molecule has 92 valence electrons. The minimum absolute atomic E-state index is 0.0640. The number of amides is 1. The van der Waals surface area contributed by atoms with Crippen LogP contribution in [0.4, 0.5) is 0 Å². The summed E-state index contributed by atoms with van der Waals surface area (Å²) in [5, 5.41) is 9.58. The highest BCUT2D eigenvalue weighted by Crippen LogP contribution is 2.30. The number of aromatic hydroxyl groups is 1. The standard InChI is InChI=1S/C14H13NO3/c1-9-8-10(6-7-11(9)14(15)17)18-13-5-3-2-4-12(13)16/h2-8,16H,1H3,(H2,15,17). The molecule has 0 aliphatic rings. The van der Waals surface area contributed by atoms with Gasteiger partial charge in [-0.15, -0.1) is 0 Å². The van der Waals surface area contributed by atoms with Gasteiger partial charge in [-0.25, -0.2) is 0 Å². The van der Waals surface area contributed by atoms with Gasteiger partial charge in [0.2, 0.25) is 5.91 Å². The van der Waals surface area contributed by atoms with Crippen molar-refractivity contribution in [3.05, 3.63) is 53.6 Å². The smallest absolute Gasteiger partial charge is 0.248 e. The van der Waals surface area contributed by atoms with Gasteiger partial charge in [0.05, 0.1) is 0 Å². The molecule has 2 aromatic carbocycles. The molecular weight excluding hydrogens is 230 g/mol. The maximum absolute atomic E-state index is 11.1. The molecule has 0 unspecified atom stereocenters. The van der Waals surface area contributed by atoms with Gasteiger partial charge in [0.25, 0.3) is 0 Å². The van der Waals surface area contributed by atoms with Gasteiger partial charge in [0.1, 0.15) is 5.75 Å². The number of phenolic OH excluding ortho intramolecular Hbond substituents is 1. The van der Waals surface area contributed by atoms with Crippen molar-refractivity contribution in [2.45, 2.75) is 6.92 Å². The van der Waals surface area contributed by atoms with Crippen molar-refractivity contribution in [1.82, 2.24) is 0 Å². The number of primary amides is 1. The van der Waals surface area contributed by atoms with E-state index in [0.717, 1.165) is 5.56 Å². The third kappa shape index (κ3) is 2.43. The van der Waals surface area contributed by atoms with Crippen molar-refractivity contribution in [3.63, 3.8) is 0 Å². The predicted octanol–water partition coefficient (Wildman–Crippen LogP) is 2.59. The summed E-state index contributed by atoms with van der Waals surface area (Å²) in [6, 6.07) is 11.6. The summed E-state index contributed by atoms with van der Waals surface area (Å²) in [5.41, 5.74) is 6.41. The number of phenols is 1. The summed E-state index contributed by atoms with van der Waals surface area (Å²) in [6.45, 7) is 1.78. The third-order valence-corrected chi connectivity index (χ3v) is 2.56. The molecule has 0 spiro atoms. The molecule has 0 aromatic heterocycles. The summed E-state index contributed by atoms with van der Waals surface area (Å²) >= 11 is 0. The molecule has 0 atom stereocenters. The van der Waals surface area contributed by atoms with E-state index in [0.29, 0.717) is 17.1 Å². The van der Waals surface area contributed by atoms with Gasteiger partial charge < -0.3 is 15.6 Å². The van der Waals surface area contributed by atoms with Crippen LogP contribution in [0.1, 0.15) is 15.9 Å². The quantitative estimate of drug-likeness (QED) is 0.870. The normalized spacial score (nSPS) is 10.1. The lowest BCUT2D eigenvalue weighted by Crippen LogP contribution is -2.12. The van der Waals surface area contributed by atoms with E-state index in [1.807, 2.05) is 0 Å². The number of hydrogen-bond acceptors (Lipinski definition) is 3. The number of para-hydroxylation sites is 2. The van der Waals surface area contributed by atoms with Crippen molar-refractivity contribution in [3.8, 4) is 17.2 Å². The highest BCUT2D eigenvalue weighted by Gasteiger charge is 2.07. The van der Waals surface area contributed by atoms with E-state index in [4.69, 9.17) is 10.5 Å². The van der Waals surface area contributed by atoms with Gasteiger partial charge in [-0.05, 0) is 42.8 Å². The average Bonchev–Trinajstić information content (AvgIpc) is 2.32. The second-order valence-corrected chi connectivity index (χ2v) is 3.91. The molecule has 0 bridgehead atoms. The summed E-state index contributed by atoms with van der Waals surface area (Å²) < 4.78 is 5.52. The minimum atomic E-state index is -0.471. The van der Waals surface area contributed by atoms with Crippen LogP contribution in [0.25, 0.3) is 0 Å². The van der Waals surface area contributed by atoms with E-state index in [9.17, 15) is 9.90 Å². The number of carbonyl (C=O) groups excluding carboxylic acids is 1. The minimum Gasteiger partial charge on any atom is -0.504 e. The van der Waals surface area contributed by atoms with Crippen LogP contribution in [-0.2, 0) is 0 Å². The van der Waals surface area contributed by atoms with Gasteiger partial charge in [0.15, 0.2) is 11.5 Å². The molecule has 3 N–H and O–H groups in total. The Balaban J connectivity index is 2.29. The first kappa shape index (κ1) is 12.0. The molecule has 1 amide bonds. The number of benzene rings is 2. The molecule has 0 aliphatic heterocycles. The van der Waals surface area contributed by atoms with Crippen LogP contribution < -0.4 is 10.5 Å². The van der Waals surface area contributed by atoms with E-state index in [-0.39, 0.29) is 5.75 Å². The zero-order valence-corrected chi connectivity index (χ0v) is 9.88. The highest BCUT2D eigenvalue weighted by atomic mass is 16.5. The summed E-state index contributed by atoms with van der Waals surface area (Å²) in [6.07, 6.45) is 0. The van der Waals surface area contributed by atoms with Crippen LogP contribution in [0.2, 0.25) is 0 Å². The molecular formula is C14H13NO3. The van der Waals surface area contributed by atoms with E-state index < -0.39 is 5.91 Å². The number of carbonyl (C=O) groups is 1. The predicted molar refractivity (Wildman–Crippen MR) is 67.9 cm³/mol. The van der Waals surface area contributed by atoms with Crippen LogP contribution >= 0.6 is 0 Å². The Bertz CT molecular complexity index is 593. The van der Waals surface area contributed by atoms with Crippen LogP contribution in [0.15, 0.2) is 42.5 Å². The molecule has 0 saturated heterocycles. The maximum atomic E-state index is 11.1. The maximum Gasteiger partial charge on any atom is 0.248 e. The van der Waals surface area contributed by atoms with Crippen LogP contribution in [0.5, 0.6) is 17.2 Å². The first-order valence-corrected chi connectivity index (χ1v) is 5.44. The van der Waals surface area contributed by atoms with Crippen molar-refractivity contribution < 1.29 is 14.6 Å². The molecule has 0 saturated carbocycles. The molecule has 2 aromatic rings. The monoisotopic (exact) mass is 243 g/mol. The number of ether oxygens (including phenoxy) is 1. The number of nitrogens with two attached hydrogens (primary N) is 1. The fourth-order valence-electron chi connectivity index (χ4n) is 1.65. The molecule has 0 radical (unpaired) electrons. The number of rotatable bonds is 3. The van der Waals surface area contributed by atoms with Crippen molar-refractivity contribution in [1.29, 1.82) is 0 Å². The topological polar surface area (TPSA) is 72.6 Å². The van der Waals surface area contributed by atoms with Crippen molar-refractivity contribution in [2.75, 3.05) is 0 Å². The second-order valence-electron chi connectivity index (χ2n) is 3.91. The van der Waals surface area contributed by atoms with Gasteiger partial charge in [-0.1, -0.05) is 12.1 Å². The molecule has 2 rings (SSSR count). The number of aryl methyl sites for hydroxylation is 1. The second kappa shape index (κ2) is 4.79. The molecule has 4 nitrogen and oxygen atoms in total. The fraction of sp³-hybridized carbons (Fsp3) is 0.0714. The van der Waals surface area contributed by atoms with Gasteiger partial charge in [0, 0.05) is 5.56 Å². The molecule has 4 heteroatoms. The highest BCUT2D eigenvalue weighted by molar-refractivity contribution is 5.94. The van der Waals surface area contributed by atoms with E-state index in [1.165, 1.54) is 0 Å². The molecule has 0 fully saturated rings. The Morgan fingerprint density at radius 3 is 2.56 bits per heavy atom. The summed E-state index contributed by atoms with van der Waals surface area (Å²) in [4.78, 5) is 11.1. The first-order chi connectivity index (χ1) is 8.58. The summed E-state index contributed by atoms with van der Waals surface area (Å²) in [5.74, 6) is 0.499. The Labute approximate surface area is 105 Å². The van der Waals surface area contributed by atoms with Crippen molar-refractivity contribution in [2.24, 2.45) is 5.73 Å². The Morgan fingerprint density at radius 2 is 1.94 bits per heavy atom. The van der Waals surface area contributed by atoms with Crippen LogP contribution in [0.3, 0.4) is 0 Å². The van der Waals surface area contributed by atoms with E-state index in [1.54, 1.807) is 49.4 Å². The van der Waals surface area contributed by atoms with Gasteiger partial charge in [-0.3, -0.25) is 4.79 Å². The lowest BCUT2D eigenvalue weighted by atomic mass is 10.1. The first-order valence-electron chi connectivity index (χ1n) is 5.44. The molecule has 0 aliphatic carbocycles. The Morgan fingerprint density at radius 1 is 1.22 bits per heavy atom. The SMILES string of the molecule is Cc1cc(Oc2ccccc2O)ccc1C(N)=O. The third-order valence-electron chi connectivity index (χ3n) is 2.56. The van der Waals surface area contributed by atoms with E-state index >= 15 is 0 Å². The lowest BCUT2D eigenvalue weighted by molar-refractivity contribution is 0.0999. The van der Waals surface area contributed by atoms with Gasteiger partial charge >= 0.3 is 0 Å². The zero-order chi connectivity index (χ0) is 13.1. The molecule has 18 heavy (non-hydrogen) atoms. The zero-order valence-electron chi connectivity index (χ0n) is 9.88. The summed E-state index contributed by atoms with van der Waals surface area (Å²) in [7, 11) is 0. The van der Waals surface area contributed by atoms with Crippen molar-refractivity contribution >= 4 is 5.91 Å².